The molecule has 0 fully saturated rings. The van der Waals surface area contributed by atoms with Crippen LogP contribution in [0.15, 0.2) is 0 Å². The molecule has 134 valence electrons. The van der Waals surface area contributed by atoms with E-state index in [4.69, 9.17) is 46.0 Å². The van der Waals surface area contributed by atoms with Crippen molar-refractivity contribution in [1.82, 2.24) is 0 Å². The zero-order chi connectivity index (χ0) is 18.0. The number of rotatable bonds is 8. The van der Waals surface area contributed by atoms with Crippen LogP contribution in [0.3, 0.4) is 0 Å². The van der Waals surface area contributed by atoms with Gasteiger partial charge in [0.1, 0.15) is 36.6 Å². The number of hydrogen-bond donors (Lipinski definition) is 9. The van der Waals surface area contributed by atoms with Crippen molar-refractivity contribution in [3.8, 4) is 0 Å². The smallest absolute Gasteiger partial charge is 0.151 e. The van der Waals surface area contributed by atoms with Crippen molar-refractivity contribution >= 4 is 6.29 Å². The minimum atomic E-state index is -1.65. The number of carbonyl (C=O) groups excluding carboxylic acids is 1. The third-order valence-corrected chi connectivity index (χ3v) is 2.76. The fourth-order valence-corrected chi connectivity index (χ4v) is 1.19. The van der Waals surface area contributed by atoms with Crippen LogP contribution in [0.2, 0.25) is 0 Å². The average Bonchev–Trinajstić information content (AvgIpc) is 2.50. The maximum atomic E-state index is 9.87. The lowest BCUT2D eigenvalue weighted by molar-refractivity contribution is -0.132. The van der Waals surface area contributed by atoms with E-state index < -0.39 is 55.4 Å². The third kappa shape index (κ3) is 8.68. The summed E-state index contributed by atoms with van der Waals surface area (Å²) in [6.45, 7) is 1.87. The first-order valence-electron chi connectivity index (χ1n) is 6.51. The molecular weight excluding hydrogens is 304 g/mol. The number of aldehydes is 1. The van der Waals surface area contributed by atoms with Crippen LogP contribution in [-0.4, -0.2) is 108 Å². The lowest BCUT2D eigenvalue weighted by Crippen LogP contribution is -2.44. The molecule has 0 bridgehead atoms. The van der Waals surface area contributed by atoms with Gasteiger partial charge in [-0.2, -0.15) is 0 Å². The monoisotopic (exact) mass is 330 g/mol. The molecule has 10 nitrogen and oxygen atoms in total. The summed E-state index contributed by atoms with van der Waals surface area (Å²) in [6, 6.07) is 0. The molecule has 0 spiro atoms. The molecule has 0 aliphatic carbocycles. The SMILES string of the molecule is C[C@H](O)[C@@H](O)[C@@H](O)[C@H](O)C=O.C[C@H](O)[C@@H](O)[C@@H](O)[C@H](O)CO. The van der Waals surface area contributed by atoms with Gasteiger partial charge in [0.25, 0.3) is 0 Å². The number of carbonyl (C=O) groups is 1. The lowest BCUT2D eigenvalue weighted by atomic mass is 10.1. The fraction of sp³-hybridized carbons (Fsp3) is 0.917. The minimum absolute atomic E-state index is 0.0935. The molecule has 9 N–H and O–H groups in total. The first-order valence-corrected chi connectivity index (χ1v) is 6.51. The van der Waals surface area contributed by atoms with Crippen LogP contribution in [0, 0.1) is 0 Å². The first kappa shape index (κ1) is 23.6. The molecule has 0 amide bonds. The molecule has 0 unspecified atom stereocenters. The molecular formula is C12H26O10. The van der Waals surface area contributed by atoms with E-state index in [1.807, 2.05) is 0 Å². The Morgan fingerprint density at radius 1 is 0.727 bits per heavy atom. The molecule has 0 aliphatic heterocycles. The highest BCUT2D eigenvalue weighted by molar-refractivity contribution is 5.56. The Labute approximate surface area is 127 Å². The van der Waals surface area contributed by atoms with Gasteiger partial charge in [0.2, 0.25) is 0 Å². The predicted octanol–water partition coefficient (Wildman–Crippen LogP) is -4.91. The molecule has 10 heteroatoms. The maximum Gasteiger partial charge on any atom is 0.151 e. The summed E-state index contributed by atoms with van der Waals surface area (Å²) in [5, 5.41) is 78.8. The lowest BCUT2D eigenvalue weighted by Gasteiger charge is -2.23. The second-order valence-electron chi connectivity index (χ2n) is 4.82. The van der Waals surface area contributed by atoms with E-state index in [0.717, 1.165) is 0 Å². The topological polar surface area (TPSA) is 199 Å². The van der Waals surface area contributed by atoms with E-state index in [9.17, 15) is 4.79 Å². The van der Waals surface area contributed by atoms with Gasteiger partial charge < -0.3 is 50.8 Å². The second kappa shape index (κ2) is 11.8. The standard InChI is InChI=1S/C6H14O5.C6H12O5/c2*1-3(8)5(10)6(11)4(9)2-7/h3-11H,2H2,1H3;2-6,8-11H,1H3/t2*3-,4+,5+,6-/m00/s1. The highest BCUT2D eigenvalue weighted by Crippen LogP contribution is 2.04. The molecule has 0 aromatic carbocycles. The molecule has 0 saturated carbocycles. The Morgan fingerprint density at radius 3 is 1.36 bits per heavy atom. The van der Waals surface area contributed by atoms with Crippen LogP contribution in [0.1, 0.15) is 13.8 Å². The van der Waals surface area contributed by atoms with Crippen LogP contribution < -0.4 is 0 Å². The van der Waals surface area contributed by atoms with Gasteiger partial charge in [0.15, 0.2) is 6.29 Å². The summed E-state index contributed by atoms with van der Waals surface area (Å²) in [6.07, 6.45) is -11.4. The third-order valence-electron chi connectivity index (χ3n) is 2.76. The zero-order valence-corrected chi connectivity index (χ0v) is 12.3. The van der Waals surface area contributed by atoms with Crippen LogP contribution in [0.5, 0.6) is 0 Å². The van der Waals surface area contributed by atoms with Crippen molar-refractivity contribution in [1.29, 1.82) is 0 Å². The quantitative estimate of drug-likeness (QED) is 0.194. The molecule has 0 saturated heterocycles. The van der Waals surface area contributed by atoms with Gasteiger partial charge in [-0.05, 0) is 13.8 Å². The normalized spacial score (nSPS) is 22.1. The zero-order valence-electron chi connectivity index (χ0n) is 12.3. The molecule has 0 aliphatic rings. The molecule has 8 atom stereocenters. The molecule has 0 aromatic heterocycles. The van der Waals surface area contributed by atoms with Crippen molar-refractivity contribution in [2.45, 2.75) is 62.7 Å². The van der Waals surface area contributed by atoms with Gasteiger partial charge in [-0.15, -0.1) is 0 Å². The first-order chi connectivity index (χ1) is 10.0. The van der Waals surface area contributed by atoms with E-state index in [1.54, 1.807) is 0 Å². The number of hydrogen-bond acceptors (Lipinski definition) is 10. The Morgan fingerprint density at radius 2 is 1.09 bits per heavy atom. The van der Waals surface area contributed by atoms with Crippen molar-refractivity contribution < 1.29 is 50.8 Å². The van der Waals surface area contributed by atoms with Gasteiger partial charge in [0.05, 0.1) is 18.8 Å². The highest BCUT2D eigenvalue weighted by Gasteiger charge is 2.28. The number of aliphatic hydroxyl groups is 9. The van der Waals surface area contributed by atoms with Gasteiger partial charge >= 0.3 is 0 Å². The van der Waals surface area contributed by atoms with Crippen LogP contribution >= 0.6 is 0 Å². The number of aliphatic hydroxyl groups excluding tert-OH is 9. The van der Waals surface area contributed by atoms with E-state index in [2.05, 4.69) is 0 Å². The van der Waals surface area contributed by atoms with E-state index in [0.29, 0.717) is 0 Å². The Bertz CT molecular complexity index is 285. The van der Waals surface area contributed by atoms with Gasteiger partial charge in [-0.3, -0.25) is 0 Å². The maximum absolute atomic E-state index is 9.87. The second-order valence-corrected chi connectivity index (χ2v) is 4.82. The summed E-state index contributed by atoms with van der Waals surface area (Å²) in [5.74, 6) is 0. The van der Waals surface area contributed by atoms with Gasteiger partial charge in [-0.25, -0.2) is 0 Å². The summed E-state index contributed by atoms with van der Waals surface area (Å²) >= 11 is 0. The molecule has 0 rings (SSSR count). The largest absolute Gasteiger partial charge is 0.394 e. The van der Waals surface area contributed by atoms with E-state index in [1.165, 1.54) is 13.8 Å². The highest BCUT2D eigenvalue weighted by atomic mass is 16.4. The Balaban J connectivity index is 0. The van der Waals surface area contributed by atoms with E-state index >= 15 is 0 Å². The molecule has 0 aromatic rings. The van der Waals surface area contributed by atoms with Crippen molar-refractivity contribution in [3.05, 3.63) is 0 Å². The van der Waals surface area contributed by atoms with Crippen molar-refractivity contribution in [2.75, 3.05) is 6.61 Å². The molecule has 22 heavy (non-hydrogen) atoms. The van der Waals surface area contributed by atoms with Crippen LogP contribution in [0.4, 0.5) is 0 Å². The van der Waals surface area contributed by atoms with Crippen LogP contribution in [0.25, 0.3) is 0 Å². The van der Waals surface area contributed by atoms with Crippen molar-refractivity contribution in [2.24, 2.45) is 0 Å². The Kier molecular flexibility index (Phi) is 12.7. The summed E-state index contributed by atoms with van der Waals surface area (Å²) in [5.41, 5.74) is 0. The minimum Gasteiger partial charge on any atom is -0.394 e. The fourth-order valence-electron chi connectivity index (χ4n) is 1.19. The van der Waals surface area contributed by atoms with E-state index in [-0.39, 0.29) is 6.29 Å². The molecule has 0 heterocycles. The van der Waals surface area contributed by atoms with Crippen molar-refractivity contribution in [3.63, 3.8) is 0 Å². The summed E-state index contributed by atoms with van der Waals surface area (Å²) < 4.78 is 0. The van der Waals surface area contributed by atoms with Gasteiger partial charge in [0, 0.05) is 0 Å². The summed E-state index contributed by atoms with van der Waals surface area (Å²) in [7, 11) is 0. The molecule has 0 radical (unpaired) electrons. The predicted molar refractivity (Wildman–Crippen MR) is 72.6 cm³/mol. The Hall–Kier alpha value is -0.690. The average molecular weight is 330 g/mol. The van der Waals surface area contributed by atoms with Crippen LogP contribution in [-0.2, 0) is 4.79 Å². The summed E-state index contributed by atoms with van der Waals surface area (Å²) in [4.78, 5) is 9.87. The van der Waals surface area contributed by atoms with Gasteiger partial charge in [-0.1, -0.05) is 0 Å².